The Morgan fingerprint density at radius 2 is 1.91 bits per heavy atom. The van der Waals surface area contributed by atoms with E-state index in [-0.39, 0.29) is 0 Å². The molecule has 2 aromatic carbocycles. The second-order valence-electron chi connectivity index (χ2n) is 8.08. The Morgan fingerprint density at radius 3 is 2.56 bits per heavy atom. The van der Waals surface area contributed by atoms with Crippen LogP contribution in [0.2, 0.25) is 0 Å². The number of benzene rings is 2. The fraction of sp³-hybridized carbons (Fsp3) is 0.320. The van der Waals surface area contributed by atoms with E-state index >= 15 is 0 Å². The first-order valence-electron chi connectivity index (χ1n) is 10.4. The molecule has 7 heteroatoms. The van der Waals surface area contributed by atoms with Crippen molar-refractivity contribution in [2.24, 2.45) is 0 Å². The number of ether oxygens (including phenoxy) is 1. The van der Waals surface area contributed by atoms with Crippen LogP contribution in [0.3, 0.4) is 0 Å². The summed E-state index contributed by atoms with van der Waals surface area (Å²) in [6.45, 7) is 7.38. The first-order chi connectivity index (χ1) is 15.3. The third kappa shape index (κ3) is 6.31. The van der Waals surface area contributed by atoms with Gasteiger partial charge in [0.1, 0.15) is 10.6 Å². The minimum absolute atomic E-state index is 0.574. The van der Waals surface area contributed by atoms with Gasteiger partial charge in [0.25, 0.3) is 0 Å². The fourth-order valence-corrected chi connectivity index (χ4v) is 4.09. The molecule has 0 amide bonds. The molecule has 0 saturated carbocycles. The monoisotopic (exact) mass is 451 g/mol. The molecular weight excluding hydrogens is 422 g/mol. The summed E-state index contributed by atoms with van der Waals surface area (Å²) in [5.41, 5.74) is 3.26. The summed E-state index contributed by atoms with van der Waals surface area (Å²) in [6.07, 6.45) is 1.79. The minimum atomic E-state index is -0.876. The Bertz CT molecular complexity index is 1050. The summed E-state index contributed by atoms with van der Waals surface area (Å²) in [6, 6.07) is 18.1. The van der Waals surface area contributed by atoms with Gasteiger partial charge in [-0.2, -0.15) is 0 Å². The Hall–Kier alpha value is -2.90. The molecule has 168 valence electrons. The highest BCUT2D eigenvalue weighted by molar-refractivity contribution is 8.01. The molecule has 3 rings (SSSR count). The topological polar surface area (TPSA) is 75.5 Å². The summed E-state index contributed by atoms with van der Waals surface area (Å²) < 4.78 is 4.44. The summed E-state index contributed by atoms with van der Waals surface area (Å²) in [7, 11) is 1.69. The number of rotatable bonds is 10. The van der Waals surface area contributed by atoms with Crippen LogP contribution in [0.5, 0.6) is 0 Å². The minimum Gasteiger partial charge on any atom is -0.480 e. The number of carbonyl (C=O) groups is 1. The zero-order valence-corrected chi connectivity index (χ0v) is 19.7. The summed E-state index contributed by atoms with van der Waals surface area (Å²) in [4.78, 5) is 23.7. The van der Waals surface area contributed by atoms with Gasteiger partial charge in [-0.05, 0) is 50.6 Å². The molecule has 0 aliphatic heterocycles. The molecule has 1 N–H and O–H groups in total. The van der Waals surface area contributed by atoms with Gasteiger partial charge in [0.05, 0.1) is 6.61 Å². The van der Waals surface area contributed by atoms with Gasteiger partial charge in [0.15, 0.2) is 5.82 Å². The molecule has 0 saturated heterocycles. The number of aromatic nitrogens is 2. The van der Waals surface area contributed by atoms with Crippen molar-refractivity contribution < 1.29 is 14.6 Å². The number of aliphatic carboxylic acids is 1. The van der Waals surface area contributed by atoms with Crippen LogP contribution in [0.4, 0.5) is 5.82 Å². The maximum atomic E-state index is 11.4. The fourth-order valence-electron chi connectivity index (χ4n) is 3.15. The molecule has 0 aliphatic rings. The van der Waals surface area contributed by atoms with Crippen molar-refractivity contribution in [1.82, 2.24) is 9.97 Å². The number of nitrogens with zero attached hydrogens (tertiary/aromatic N) is 3. The van der Waals surface area contributed by atoms with Gasteiger partial charge in [-0.3, -0.25) is 4.79 Å². The van der Waals surface area contributed by atoms with Crippen molar-refractivity contribution in [2.75, 3.05) is 25.2 Å². The van der Waals surface area contributed by atoms with Gasteiger partial charge in [-0.25, -0.2) is 9.97 Å². The smallest absolute Gasteiger partial charge is 0.319 e. The Kier molecular flexibility index (Phi) is 7.88. The first kappa shape index (κ1) is 23.8. The lowest BCUT2D eigenvalue weighted by atomic mass is 10.1. The molecule has 1 heterocycles. The van der Waals surface area contributed by atoms with E-state index in [1.54, 1.807) is 27.2 Å². The van der Waals surface area contributed by atoms with E-state index in [1.165, 1.54) is 11.8 Å². The van der Waals surface area contributed by atoms with Gasteiger partial charge in [0.2, 0.25) is 0 Å². The van der Waals surface area contributed by atoms with E-state index in [1.807, 2.05) is 42.5 Å². The third-order valence-corrected chi connectivity index (χ3v) is 6.18. The Balaban J connectivity index is 1.80. The molecule has 32 heavy (non-hydrogen) atoms. The van der Waals surface area contributed by atoms with Crippen LogP contribution in [0.15, 0.2) is 65.7 Å². The van der Waals surface area contributed by atoms with Crippen molar-refractivity contribution in [3.63, 3.8) is 0 Å². The number of methoxy groups -OCH3 is 1. The van der Waals surface area contributed by atoms with Gasteiger partial charge in [-0.15, -0.1) is 11.8 Å². The zero-order valence-electron chi connectivity index (χ0n) is 18.9. The number of aryl methyl sites for hydroxylation is 1. The van der Waals surface area contributed by atoms with Crippen LogP contribution in [0.25, 0.3) is 11.4 Å². The summed E-state index contributed by atoms with van der Waals surface area (Å²) >= 11 is 1.34. The molecule has 0 aliphatic carbocycles. The standard InChI is InChI=1S/C25H29N3O3S/c1-18-6-5-7-20(16-18)23-26-13-12-22(27-23)28(14-15-31-4)17-19-8-10-21(11-9-19)32-25(2,3)24(29)30/h5-13,16H,14-15,17H2,1-4H3,(H,29,30). The third-order valence-electron chi connectivity index (χ3n) is 4.99. The molecule has 3 aromatic rings. The lowest BCUT2D eigenvalue weighted by molar-refractivity contribution is -0.138. The largest absolute Gasteiger partial charge is 0.480 e. The predicted octanol–water partition coefficient (Wildman–Crippen LogP) is 5.06. The van der Waals surface area contributed by atoms with Crippen LogP contribution < -0.4 is 4.90 Å². The van der Waals surface area contributed by atoms with Crippen LogP contribution in [0, 0.1) is 6.92 Å². The summed E-state index contributed by atoms with van der Waals surface area (Å²) in [5, 5.41) is 9.35. The molecule has 0 radical (unpaired) electrons. The molecule has 0 fully saturated rings. The molecule has 0 bridgehead atoms. The van der Waals surface area contributed by atoms with Crippen LogP contribution in [0.1, 0.15) is 25.0 Å². The number of carboxylic acid groups (broad SMARTS) is 1. The Morgan fingerprint density at radius 1 is 1.16 bits per heavy atom. The Labute approximate surface area is 193 Å². The second kappa shape index (κ2) is 10.6. The highest BCUT2D eigenvalue weighted by Gasteiger charge is 2.28. The molecule has 0 atom stereocenters. The van der Waals surface area contributed by atoms with E-state index in [0.29, 0.717) is 25.5 Å². The average molecular weight is 452 g/mol. The molecule has 6 nitrogen and oxygen atoms in total. The number of hydrogen-bond donors (Lipinski definition) is 1. The lowest BCUT2D eigenvalue weighted by Gasteiger charge is -2.24. The molecular formula is C25H29N3O3S. The second-order valence-corrected chi connectivity index (χ2v) is 9.78. The van der Waals surface area contributed by atoms with E-state index in [9.17, 15) is 9.90 Å². The molecule has 0 spiro atoms. The van der Waals surface area contributed by atoms with Crippen LogP contribution in [-0.2, 0) is 16.1 Å². The van der Waals surface area contributed by atoms with Crippen molar-refractivity contribution in [2.45, 2.75) is 37.0 Å². The maximum absolute atomic E-state index is 11.4. The van der Waals surface area contributed by atoms with E-state index < -0.39 is 10.7 Å². The van der Waals surface area contributed by atoms with Crippen molar-refractivity contribution in [3.8, 4) is 11.4 Å². The normalized spacial score (nSPS) is 11.4. The van der Waals surface area contributed by atoms with Gasteiger partial charge < -0.3 is 14.7 Å². The number of thioether (sulfide) groups is 1. The van der Waals surface area contributed by atoms with Crippen molar-refractivity contribution >= 4 is 23.5 Å². The van der Waals surface area contributed by atoms with Crippen molar-refractivity contribution in [3.05, 3.63) is 71.9 Å². The number of anilines is 1. The average Bonchev–Trinajstić information content (AvgIpc) is 2.77. The predicted molar refractivity (Wildman–Crippen MR) is 129 cm³/mol. The van der Waals surface area contributed by atoms with Gasteiger partial charge >= 0.3 is 5.97 Å². The van der Waals surface area contributed by atoms with Gasteiger partial charge in [-0.1, -0.05) is 35.9 Å². The van der Waals surface area contributed by atoms with Gasteiger partial charge in [0, 0.05) is 36.9 Å². The van der Waals surface area contributed by atoms with Crippen LogP contribution >= 0.6 is 11.8 Å². The summed E-state index contributed by atoms with van der Waals surface area (Å²) in [5.74, 6) is 0.695. The highest BCUT2D eigenvalue weighted by Crippen LogP contribution is 2.33. The number of carboxylic acids is 1. The number of hydrogen-bond acceptors (Lipinski definition) is 6. The zero-order chi connectivity index (χ0) is 23.1. The van der Waals surface area contributed by atoms with Crippen molar-refractivity contribution in [1.29, 1.82) is 0 Å². The lowest BCUT2D eigenvalue weighted by Crippen LogP contribution is -2.28. The molecule has 0 unspecified atom stereocenters. The van der Waals surface area contributed by atoms with E-state index in [4.69, 9.17) is 9.72 Å². The van der Waals surface area contributed by atoms with E-state index in [2.05, 4.69) is 28.9 Å². The molecule has 1 aromatic heterocycles. The SMILES string of the molecule is COCCN(Cc1ccc(SC(C)(C)C(=O)O)cc1)c1ccnc(-c2cccc(C)c2)n1. The first-order valence-corrected chi connectivity index (χ1v) is 11.3. The van der Waals surface area contributed by atoms with Crippen LogP contribution in [-0.4, -0.2) is 46.1 Å². The van der Waals surface area contributed by atoms with E-state index in [0.717, 1.165) is 27.4 Å². The quantitative estimate of drug-likeness (QED) is 0.432. The highest BCUT2D eigenvalue weighted by atomic mass is 32.2. The maximum Gasteiger partial charge on any atom is 0.319 e.